The summed E-state index contributed by atoms with van der Waals surface area (Å²) in [5, 5.41) is 23.1. The standard InChI is InChI=1S/C14H28N2O2/c17-12-14(6-2-1-3-7-14)15-10-13(18)11-16-8-4-5-9-16/h13,15,17-18H,1-12H2. The lowest BCUT2D eigenvalue weighted by Crippen LogP contribution is -2.53. The first-order chi connectivity index (χ1) is 8.74. The Kier molecular flexibility index (Phi) is 5.42. The second kappa shape index (κ2) is 6.85. The van der Waals surface area contributed by atoms with Gasteiger partial charge in [-0.05, 0) is 38.8 Å². The SMILES string of the molecule is OCC1(NCC(O)CN2CCCC2)CCCCC1. The zero-order chi connectivity index (χ0) is 12.8. The van der Waals surface area contributed by atoms with E-state index in [-0.39, 0.29) is 18.2 Å². The van der Waals surface area contributed by atoms with Crippen LogP contribution >= 0.6 is 0 Å². The van der Waals surface area contributed by atoms with Gasteiger partial charge in [0.05, 0.1) is 12.7 Å². The van der Waals surface area contributed by atoms with Crippen molar-refractivity contribution in [2.75, 3.05) is 32.8 Å². The molecule has 4 nitrogen and oxygen atoms in total. The molecule has 1 heterocycles. The number of hydrogen-bond donors (Lipinski definition) is 3. The summed E-state index contributed by atoms with van der Waals surface area (Å²) in [5.74, 6) is 0. The molecule has 1 saturated heterocycles. The minimum atomic E-state index is -0.312. The minimum Gasteiger partial charge on any atom is -0.394 e. The number of likely N-dealkylation sites (tertiary alicyclic amines) is 1. The van der Waals surface area contributed by atoms with E-state index in [0.717, 1.165) is 32.5 Å². The molecular formula is C14H28N2O2. The molecule has 18 heavy (non-hydrogen) atoms. The van der Waals surface area contributed by atoms with Gasteiger partial charge in [-0.15, -0.1) is 0 Å². The van der Waals surface area contributed by atoms with Crippen molar-refractivity contribution in [3.8, 4) is 0 Å². The van der Waals surface area contributed by atoms with Gasteiger partial charge in [-0.1, -0.05) is 19.3 Å². The van der Waals surface area contributed by atoms with E-state index in [9.17, 15) is 10.2 Å². The Morgan fingerprint density at radius 2 is 1.72 bits per heavy atom. The Hall–Kier alpha value is -0.160. The predicted octanol–water partition coefficient (Wildman–Crippen LogP) is 0.728. The summed E-state index contributed by atoms with van der Waals surface area (Å²) in [5.41, 5.74) is -0.121. The molecule has 0 spiro atoms. The highest BCUT2D eigenvalue weighted by atomic mass is 16.3. The van der Waals surface area contributed by atoms with Crippen LogP contribution in [0.2, 0.25) is 0 Å². The average Bonchev–Trinajstić information content (AvgIpc) is 2.90. The third-order valence-electron chi connectivity index (χ3n) is 4.49. The normalized spacial score (nSPS) is 26.3. The highest BCUT2D eigenvalue weighted by Gasteiger charge is 2.31. The molecule has 1 aliphatic carbocycles. The first-order valence-electron chi connectivity index (χ1n) is 7.50. The molecule has 0 radical (unpaired) electrons. The van der Waals surface area contributed by atoms with Crippen LogP contribution in [0.5, 0.6) is 0 Å². The third kappa shape index (κ3) is 3.92. The lowest BCUT2D eigenvalue weighted by atomic mass is 9.82. The summed E-state index contributed by atoms with van der Waals surface area (Å²) in [6.07, 6.45) is 7.96. The molecule has 0 amide bonds. The Labute approximate surface area is 110 Å². The Bertz CT molecular complexity index is 236. The van der Waals surface area contributed by atoms with Gasteiger partial charge in [0.1, 0.15) is 0 Å². The number of hydrogen-bond acceptors (Lipinski definition) is 4. The molecule has 0 aromatic carbocycles. The van der Waals surface area contributed by atoms with Gasteiger partial charge in [-0.25, -0.2) is 0 Å². The first-order valence-corrected chi connectivity index (χ1v) is 7.50. The van der Waals surface area contributed by atoms with Crippen molar-refractivity contribution in [1.29, 1.82) is 0 Å². The summed E-state index contributed by atoms with van der Waals surface area (Å²) in [6.45, 7) is 3.83. The number of rotatable bonds is 6. The van der Waals surface area contributed by atoms with Gasteiger partial charge in [0.15, 0.2) is 0 Å². The summed E-state index contributed by atoms with van der Waals surface area (Å²) in [6, 6.07) is 0. The van der Waals surface area contributed by atoms with E-state index in [1.165, 1.54) is 32.1 Å². The number of aliphatic hydroxyl groups excluding tert-OH is 2. The Balaban J connectivity index is 1.71. The number of nitrogens with zero attached hydrogens (tertiary/aromatic N) is 1. The quantitative estimate of drug-likeness (QED) is 0.656. The van der Waals surface area contributed by atoms with E-state index in [0.29, 0.717) is 6.54 Å². The fourth-order valence-electron chi connectivity index (χ4n) is 3.28. The fraction of sp³-hybridized carbons (Fsp3) is 1.00. The lowest BCUT2D eigenvalue weighted by molar-refractivity contribution is 0.0796. The lowest BCUT2D eigenvalue weighted by Gasteiger charge is -2.37. The zero-order valence-corrected chi connectivity index (χ0v) is 11.4. The second-order valence-electron chi connectivity index (χ2n) is 6.04. The number of nitrogens with one attached hydrogen (secondary N) is 1. The molecule has 2 fully saturated rings. The average molecular weight is 256 g/mol. The van der Waals surface area contributed by atoms with Crippen molar-refractivity contribution in [2.45, 2.75) is 56.6 Å². The Morgan fingerprint density at radius 1 is 1.06 bits per heavy atom. The maximum Gasteiger partial charge on any atom is 0.0791 e. The van der Waals surface area contributed by atoms with Gasteiger partial charge in [-0.3, -0.25) is 0 Å². The van der Waals surface area contributed by atoms with Crippen LogP contribution in [0, 0.1) is 0 Å². The van der Waals surface area contributed by atoms with Gasteiger partial charge in [0, 0.05) is 18.6 Å². The van der Waals surface area contributed by atoms with Gasteiger partial charge in [-0.2, -0.15) is 0 Å². The molecule has 0 aromatic heterocycles. The highest BCUT2D eigenvalue weighted by Crippen LogP contribution is 2.27. The largest absolute Gasteiger partial charge is 0.394 e. The molecule has 3 N–H and O–H groups in total. The minimum absolute atomic E-state index is 0.121. The molecule has 4 heteroatoms. The van der Waals surface area contributed by atoms with Crippen LogP contribution in [0.25, 0.3) is 0 Å². The molecule has 1 atom stereocenters. The first kappa shape index (κ1) is 14.3. The molecule has 2 aliphatic rings. The monoisotopic (exact) mass is 256 g/mol. The van der Waals surface area contributed by atoms with Gasteiger partial charge in [0.2, 0.25) is 0 Å². The van der Waals surface area contributed by atoms with E-state index in [2.05, 4.69) is 10.2 Å². The maximum absolute atomic E-state index is 10.1. The second-order valence-corrected chi connectivity index (χ2v) is 6.04. The van der Waals surface area contributed by atoms with E-state index < -0.39 is 0 Å². The molecule has 0 aromatic rings. The summed E-state index contributed by atoms with van der Waals surface area (Å²) < 4.78 is 0. The van der Waals surface area contributed by atoms with Crippen LogP contribution < -0.4 is 5.32 Å². The van der Waals surface area contributed by atoms with E-state index in [1.54, 1.807) is 0 Å². The Morgan fingerprint density at radius 3 is 2.33 bits per heavy atom. The van der Waals surface area contributed by atoms with Crippen molar-refractivity contribution in [2.24, 2.45) is 0 Å². The molecule has 0 bridgehead atoms. The van der Waals surface area contributed by atoms with Crippen molar-refractivity contribution in [1.82, 2.24) is 10.2 Å². The molecule has 1 unspecified atom stereocenters. The summed E-state index contributed by atoms with van der Waals surface area (Å²) in [4.78, 5) is 2.33. The van der Waals surface area contributed by atoms with E-state index in [4.69, 9.17) is 0 Å². The van der Waals surface area contributed by atoms with E-state index in [1.807, 2.05) is 0 Å². The summed E-state index contributed by atoms with van der Waals surface area (Å²) >= 11 is 0. The predicted molar refractivity (Wildman–Crippen MR) is 72.6 cm³/mol. The van der Waals surface area contributed by atoms with Gasteiger partial charge >= 0.3 is 0 Å². The summed E-state index contributed by atoms with van der Waals surface area (Å²) in [7, 11) is 0. The van der Waals surface area contributed by atoms with E-state index >= 15 is 0 Å². The third-order valence-corrected chi connectivity index (χ3v) is 4.49. The fourth-order valence-corrected chi connectivity index (χ4v) is 3.28. The number of aliphatic hydroxyl groups is 2. The van der Waals surface area contributed by atoms with Crippen LogP contribution in [0.4, 0.5) is 0 Å². The van der Waals surface area contributed by atoms with Crippen molar-refractivity contribution in [3.63, 3.8) is 0 Å². The highest BCUT2D eigenvalue weighted by molar-refractivity contribution is 4.91. The van der Waals surface area contributed by atoms with Gasteiger partial charge in [0.25, 0.3) is 0 Å². The smallest absolute Gasteiger partial charge is 0.0791 e. The maximum atomic E-state index is 10.1. The molecular weight excluding hydrogens is 228 g/mol. The molecule has 1 saturated carbocycles. The van der Waals surface area contributed by atoms with Crippen molar-refractivity contribution >= 4 is 0 Å². The van der Waals surface area contributed by atoms with Crippen LogP contribution in [0.1, 0.15) is 44.9 Å². The van der Waals surface area contributed by atoms with Crippen LogP contribution in [0.15, 0.2) is 0 Å². The van der Waals surface area contributed by atoms with Crippen LogP contribution in [-0.2, 0) is 0 Å². The molecule has 1 aliphatic heterocycles. The molecule has 106 valence electrons. The topological polar surface area (TPSA) is 55.7 Å². The van der Waals surface area contributed by atoms with Crippen LogP contribution in [0.3, 0.4) is 0 Å². The van der Waals surface area contributed by atoms with Crippen molar-refractivity contribution in [3.05, 3.63) is 0 Å². The molecule has 2 rings (SSSR count). The van der Waals surface area contributed by atoms with Crippen LogP contribution in [-0.4, -0.2) is 59.5 Å². The van der Waals surface area contributed by atoms with Gasteiger partial charge < -0.3 is 20.4 Å². The zero-order valence-electron chi connectivity index (χ0n) is 11.4. The number of β-amino-alcohol motifs (C(OH)–C–C–N with tert-alkyl or cyclic N) is 1. The van der Waals surface area contributed by atoms with Crippen molar-refractivity contribution < 1.29 is 10.2 Å².